The topological polar surface area (TPSA) is 52.6 Å². The predicted molar refractivity (Wildman–Crippen MR) is 112 cm³/mol. The van der Waals surface area contributed by atoms with Crippen molar-refractivity contribution in [1.82, 2.24) is 0 Å². The summed E-state index contributed by atoms with van der Waals surface area (Å²) in [6.45, 7) is 2.46. The van der Waals surface area contributed by atoms with Crippen molar-refractivity contribution in [2.45, 2.75) is 13.5 Å². The van der Waals surface area contributed by atoms with Crippen LogP contribution in [0.4, 0.5) is 0 Å². The summed E-state index contributed by atoms with van der Waals surface area (Å²) in [6.07, 6.45) is 1.61. The second-order valence-corrected chi connectivity index (χ2v) is 6.95. The van der Waals surface area contributed by atoms with Gasteiger partial charge in [-0.05, 0) is 36.3 Å². The number of allylic oxidation sites excluding steroid dienone is 1. The van der Waals surface area contributed by atoms with E-state index in [9.17, 15) is 9.59 Å². The van der Waals surface area contributed by atoms with E-state index in [2.05, 4.69) is 6.07 Å². The molecular weight excluding hydrogens is 364 g/mol. The number of methoxy groups -OCH3 is 1. The van der Waals surface area contributed by atoms with Gasteiger partial charge in [0, 0.05) is 11.1 Å². The molecule has 0 heterocycles. The van der Waals surface area contributed by atoms with Crippen molar-refractivity contribution < 1.29 is 19.1 Å². The Balaban J connectivity index is 1.58. The monoisotopic (exact) mass is 384 g/mol. The highest BCUT2D eigenvalue weighted by atomic mass is 16.5. The number of hydrogen-bond acceptors (Lipinski definition) is 4. The van der Waals surface area contributed by atoms with Crippen molar-refractivity contribution in [3.8, 4) is 11.5 Å². The molecular formula is C25H20O4. The molecule has 29 heavy (non-hydrogen) atoms. The summed E-state index contributed by atoms with van der Waals surface area (Å²) >= 11 is 0. The van der Waals surface area contributed by atoms with Gasteiger partial charge in [0.05, 0.1) is 12.7 Å². The first kappa shape index (κ1) is 18.7. The van der Waals surface area contributed by atoms with Crippen LogP contribution in [0.3, 0.4) is 0 Å². The average Bonchev–Trinajstić information content (AvgIpc) is 2.98. The molecule has 1 aliphatic carbocycles. The van der Waals surface area contributed by atoms with Gasteiger partial charge in [-0.2, -0.15) is 0 Å². The maximum Gasteiger partial charge on any atom is 0.197 e. The van der Waals surface area contributed by atoms with E-state index >= 15 is 0 Å². The van der Waals surface area contributed by atoms with Gasteiger partial charge in [-0.1, -0.05) is 60.2 Å². The highest BCUT2D eigenvalue weighted by Gasteiger charge is 2.32. The first-order valence-electron chi connectivity index (χ1n) is 9.33. The fourth-order valence-corrected chi connectivity index (χ4v) is 3.43. The lowest BCUT2D eigenvalue weighted by Crippen LogP contribution is -2.01. The lowest BCUT2D eigenvalue weighted by atomic mass is 10.1. The highest BCUT2D eigenvalue weighted by molar-refractivity contribution is 6.41. The SMILES string of the molecule is COc1cc(C=C2C(=O)c3ccccc3C2=O)ccc1OCc1cccc(C)c1. The van der Waals surface area contributed by atoms with Crippen LogP contribution < -0.4 is 9.47 Å². The van der Waals surface area contributed by atoms with Crippen LogP contribution in [-0.2, 0) is 6.61 Å². The predicted octanol–water partition coefficient (Wildman–Crippen LogP) is 5.05. The third-order valence-corrected chi connectivity index (χ3v) is 4.88. The Morgan fingerprint density at radius 1 is 0.828 bits per heavy atom. The second kappa shape index (κ2) is 7.76. The second-order valence-electron chi connectivity index (χ2n) is 6.95. The lowest BCUT2D eigenvalue weighted by molar-refractivity contribution is 0.0990. The zero-order chi connectivity index (χ0) is 20.4. The van der Waals surface area contributed by atoms with Crippen LogP contribution in [0.5, 0.6) is 11.5 Å². The molecule has 0 saturated heterocycles. The molecule has 144 valence electrons. The molecule has 4 nitrogen and oxygen atoms in total. The van der Waals surface area contributed by atoms with E-state index in [1.54, 1.807) is 49.6 Å². The zero-order valence-corrected chi connectivity index (χ0v) is 16.3. The van der Waals surface area contributed by atoms with Crippen molar-refractivity contribution in [2.24, 2.45) is 0 Å². The van der Waals surface area contributed by atoms with Gasteiger partial charge in [0.25, 0.3) is 0 Å². The van der Waals surface area contributed by atoms with Gasteiger partial charge in [0.2, 0.25) is 0 Å². The quantitative estimate of drug-likeness (QED) is 0.457. The third kappa shape index (κ3) is 3.69. The molecule has 0 aromatic heterocycles. The average molecular weight is 384 g/mol. The smallest absolute Gasteiger partial charge is 0.197 e. The number of ether oxygens (including phenoxy) is 2. The molecule has 3 aromatic rings. The summed E-state index contributed by atoms with van der Waals surface area (Å²) in [4.78, 5) is 25.1. The molecule has 1 aliphatic rings. The van der Waals surface area contributed by atoms with Crippen LogP contribution in [0.1, 0.15) is 37.4 Å². The largest absolute Gasteiger partial charge is 0.493 e. The zero-order valence-electron chi connectivity index (χ0n) is 16.3. The van der Waals surface area contributed by atoms with Gasteiger partial charge >= 0.3 is 0 Å². The maximum atomic E-state index is 12.6. The maximum absolute atomic E-state index is 12.6. The molecule has 0 aliphatic heterocycles. The molecule has 0 fully saturated rings. The summed E-state index contributed by atoms with van der Waals surface area (Å²) in [5.41, 5.74) is 4.02. The Morgan fingerprint density at radius 2 is 1.55 bits per heavy atom. The fraction of sp³-hybridized carbons (Fsp3) is 0.120. The van der Waals surface area contributed by atoms with Crippen molar-refractivity contribution in [2.75, 3.05) is 7.11 Å². The number of Topliss-reactive ketones (excluding diaryl/α,β-unsaturated/α-hetero) is 2. The number of fused-ring (bicyclic) bond motifs is 1. The van der Waals surface area contributed by atoms with Gasteiger partial charge in [0.1, 0.15) is 6.61 Å². The van der Waals surface area contributed by atoms with Crippen molar-refractivity contribution in [3.63, 3.8) is 0 Å². The van der Waals surface area contributed by atoms with Gasteiger partial charge in [-0.25, -0.2) is 0 Å². The number of hydrogen-bond donors (Lipinski definition) is 0. The summed E-state index contributed by atoms with van der Waals surface area (Å²) in [6, 6.07) is 20.4. The van der Waals surface area contributed by atoms with Gasteiger partial charge in [-0.15, -0.1) is 0 Å². The Bertz CT molecular complexity index is 1100. The molecule has 0 amide bonds. The number of carbonyl (C=O) groups excluding carboxylic acids is 2. The van der Waals surface area contributed by atoms with E-state index in [1.807, 2.05) is 31.2 Å². The van der Waals surface area contributed by atoms with E-state index in [0.29, 0.717) is 34.8 Å². The van der Waals surface area contributed by atoms with Crippen LogP contribution in [-0.4, -0.2) is 18.7 Å². The first-order chi connectivity index (χ1) is 14.1. The summed E-state index contributed by atoms with van der Waals surface area (Å²) in [5.74, 6) is 0.652. The summed E-state index contributed by atoms with van der Waals surface area (Å²) in [7, 11) is 1.56. The van der Waals surface area contributed by atoms with Crippen LogP contribution in [0.2, 0.25) is 0 Å². The number of rotatable bonds is 5. The number of benzene rings is 3. The number of ketones is 2. The fourth-order valence-electron chi connectivity index (χ4n) is 3.43. The normalized spacial score (nSPS) is 12.7. The minimum atomic E-state index is -0.246. The van der Waals surface area contributed by atoms with Crippen LogP contribution in [0, 0.1) is 6.92 Å². The standard InChI is InChI=1S/C25H20O4/c1-16-6-5-7-18(12-16)15-29-22-11-10-17(14-23(22)28-2)13-21-24(26)19-8-3-4-9-20(19)25(21)27/h3-14H,15H2,1-2H3. The van der Waals surface area contributed by atoms with E-state index in [-0.39, 0.29) is 17.1 Å². The molecule has 0 unspecified atom stereocenters. The Kier molecular flexibility index (Phi) is 5.00. The highest BCUT2D eigenvalue weighted by Crippen LogP contribution is 2.32. The lowest BCUT2D eigenvalue weighted by Gasteiger charge is -2.12. The number of carbonyl (C=O) groups is 2. The molecule has 0 spiro atoms. The number of aryl methyl sites for hydroxylation is 1. The van der Waals surface area contributed by atoms with Crippen molar-refractivity contribution >= 4 is 17.6 Å². The third-order valence-electron chi connectivity index (χ3n) is 4.88. The minimum Gasteiger partial charge on any atom is -0.493 e. The van der Waals surface area contributed by atoms with E-state index in [4.69, 9.17) is 9.47 Å². The Hall–Kier alpha value is -3.66. The molecule has 4 rings (SSSR count). The van der Waals surface area contributed by atoms with E-state index in [1.165, 1.54) is 5.56 Å². The molecule has 0 radical (unpaired) electrons. The van der Waals surface area contributed by atoms with Gasteiger partial charge < -0.3 is 9.47 Å². The van der Waals surface area contributed by atoms with Gasteiger partial charge in [-0.3, -0.25) is 9.59 Å². The van der Waals surface area contributed by atoms with Crippen molar-refractivity contribution in [3.05, 3.63) is 100 Å². The molecule has 0 atom stereocenters. The van der Waals surface area contributed by atoms with E-state index in [0.717, 1.165) is 5.56 Å². The van der Waals surface area contributed by atoms with Crippen molar-refractivity contribution in [1.29, 1.82) is 0 Å². The molecule has 3 aromatic carbocycles. The summed E-state index contributed by atoms with van der Waals surface area (Å²) < 4.78 is 11.4. The van der Waals surface area contributed by atoms with Crippen LogP contribution >= 0.6 is 0 Å². The Labute approximate surface area is 169 Å². The Morgan fingerprint density at radius 3 is 2.21 bits per heavy atom. The molecule has 4 heteroatoms. The molecule has 0 bridgehead atoms. The molecule has 0 N–H and O–H groups in total. The van der Waals surface area contributed by atoms with Gasteiger partial charge in [0.15, 0.2) is 23.1 Å². The minimum absolute atomic E-state index is 0.168. The first-order valence-corrected chi connectivity index (χ1v) is 9.33. The molecule has 0 saturated carbocycles. The van der Waals surface area contributed by atoms with Crippen LogP contribution in [0.25, 0.3) is 6.08 Å². The van der Waals surface area contributed by atoms with Crippen LogP contribution in [0.15, 0.2) is 72.3 Å². The summed E-state index contributed by atoms with van der Waals surface area (Å²) in [5, 5.41) is 0. The van der Waals surface area contributed by atoms with E-state index < -0.39 is 0 Å².